The molecule has 3 rings (SSSR count). The summed E-state index contributed by atoms with van der Waals surface area (Å²) in [6.07, 6.45) is 5.39. The highest BCUT2D eigenvalue weighted by Gasteiger charge is 2.33. The van der Waals surface area contributed by atoms with Crippen molar-refractivity contribution < 1.29 is 14.7 Å². The van der Waals surface area contributed by atoms with Crippen molar-refractivity contribution >= 4 is 11.9 Å². The molecule has 1 aliphatic carbocycles. The molecule has 2 aliphatic rings. The molecule has 1 amide bonds. The van der Waals surface area contributed by atoms with Crippen molar-refractivity contribution in [2.75, 3.05) is 6.54 Å². The zero-order valence-electron chi connectivity index (χ0n) is 11.5. The third kappa shape index (κ3) is 2.19. The second-order valence-electron chi connectivity index (χ2n) is 5.65. The van der Waals surface area contributed by atoms with Crippen LogP contribution in [0.2, 0.25) is 0 Å². The van der Waals surface area contributed by atoms with Crippen molar-refractivity contribution in [1.29, 1.82) is 0 Å². The number of benzene rings is 1. The molecule has 0 unspecified atom stereocenters. The van der Waals surface area contributed by atoms with E-state index in [9.17, 15) is 14.7 Å². The maximum atomic E-state index is 12.7. The minimum Gasteiger partial charge on any atom is -0.480 e. The lowest BCUT2D eigenvalue weighted by molar-refractivity contribution is -0.143. The highest BCUT2D eigenvalue weighted by atomic mass is 16.4. The van der Waals surface area contributed by atoms with E-state index >= 15 is 0 Å². The molecular formula is C16H19NO3. The fraction of sp³-hybridized carbons (Fsp3) is 0.500. The molecule has 1 N–H and O–H groups in total. The van der Waals surface area contributed by atoms with Crippen molar-refractivity contribution in [2.45, 2.75) is 44.6 Å². The van der Waals surface area contributed by atoms with Crippen molar-refractivity contribution in [3.63, 3.8) is 0 Å². The van der Waals surface area contributed by atoms with Gasteiger partial charge in [-0.2, -0.15) is 0 Å². The molecule has 1 heterocycles. The van der Waals surface area contributed by atoms with E-state index in [1.54, 1.807) is 4.90 Å². The topological polar surface area (TPSA) is 57.6 Å². The molecule has 0 saturated carbocycles. The van der Waals surface area contributed by atoms with Gasteiger partial charge < -0.3 is 10.0 Å². The predicted octanol–water partition coefficient (Wildman–Crippen LogP) is 2.25. The number of aryl methyl sites for hydroxylation is 1. The lowest BCUT2D eigenvalue weighted by Crippen LogP contribution is -2.48. The van der Waals surface area contributed by atoms with Crippen molar-refractivity contribution in [3.8, 4) is 0 Å². The first-order chi connectivity index (χ1) is 9.68. The summed E-state index contributed by atoms with van der Waals surface area (Å²) >= 11 is 0. The molecule has 0 radical (unpaired) electrons. The van der Waals surface area contributed by atoms with Gasteiger partial charge in [-0.15, -0.1) is 0 Å². The summed E-state index contributed by atoms with van der Waals surface area (Å²) in [7, 11) is 0. The van der Waals surface area contributed by atoms with Gasteiger partial charge >= 0.3 is 5.97 Å². The maximum absolute atomic E-state index is 12.7. The van der Waals surface area contributed by atoms with Crippen LogP contribution in [0.5, 0.6) is 0 Å². The van der Waals surface area contributed by atoms with Gasteiger partial charge in [0.05, 0.1) is 0 Å². The van der Waals surface area contributed by atoms with Crippen molar-refractivity contribution in [3.05, 3.63) is 34.9 Å². The summed E-state index contributed by atoms with van der Waals surface area (Å²) in [5, 5.41) is 9.30. The minimum atomic E-state index is -0.884. The van der Waals surface area contributed by atoms with E-state index in [4.69, 9.17) is 0 Å². The number of hydrogen-bond acceptors (Lipinski definition) is 2. The average molecular weight is 273 g/mol. The SMILES string of the molecule is O=C(O)[C@H]1CCCCN1C(=O)c1cccc2c1CCC2. The Hall–Kier alpha value is -1.84. The molecule has 4 heteroatoms. The first-order valence-corrected chi connectivity index (χ1v) is 7.33. The van der Waals surface area contributed by atoms with E-state index < -0.39 is 12.0 Å². The van der Waals surface area contributed by atoms with Crippen LogP contribution < -0.4 is 0 Å². The Bertz CT molecular complexity index is 553. The van der Waals surface area contributed by atoms with Crippen LogP contribution in [0.15, 0.2) is 18.2 Å². The number of likely N-dealkylation sites (tertiary alicyclic amines) is 1. The first-order valence-electron chi connectivity index (χ1n) is 7.33. The summed E-state index contributed by atoms with van der Waals surface area (Å²) < 4.78 is 0. The van der Waals surface area contributed by atoms with Crippen LogP contribution in [0.3, 0.4) is 0 Å². The Labute approximate surface area is 118 Å². The van der Waals surface area contributed by atoms with E-state index in [-0.39, 0.29) is 5.91 Å². The number of aliphatic carboxylic acids is 1. The van der Waals surface area contributed by atoms with Crippen molar-refractivity contribution in [2.24, 2.45) is 0 Å². The molecule has 1 aromatic rings. The van der Waals surface area contributed by atoms with Crippen LogP contribution in [-0.2, 0) is 17.6 Å². The van der Waals surface area contributed by atoms with Gasteiger partial charge in [-0.25, -0.2) is 4.79 Å². The van der Waals surface area contributed by atoms with E-state index in [0.29, 0.717) is 18.5 Å². The van der Waals surface area contributed by atoms with Gasteiger partial charge in [0, 0.05) is 12.1 Å². The highest BCUT2D eigenvalue weighted by molar-refractivity contribution is 5.98. The zero-order valence-corrected chi connectivity index (χ0v) is 11.5. The van der Waals surface area contributed by atoms with Gasteiger partial charge in [0.1, 0.15) is 6.04 Å². The number of piperidine rings is 1. The third-order valence-electron chi connectivity index (χ3n) is 4.43. The molecule has 1 aliphatic heterocycles. The Morgan fingerprint density at radius 3 is 2.80 bits per heavy atom. The summed E-state index contributed by atoms with van der Waals surface area (Å²) in [5.74, 6) is -0.985. The number of nitrogens with zero attached hydrogens (tertiary/aromatic N) is 1. The second-order valence-corrected chi connectivity index (χ2v) is 5.65. The Kier molecular flexibility index (Phi) is 3.47. The fourth-order valence-electron chi connectivity index (χ4n) is 3.41. The van der Waals surface area contributed by atoms with Crippen LogP contribution in [0.25, 0.3) is 0 Å². The smallest absolute Gasteiger partial charge is 0.326 e. The molecule has 1 aromatic carbocycles. The van der Waals surface area contributed by atoms with Gasteiger partial charge in [0.15, 0.2) is 0 Å². The van der Waals surface area contributed by atoms with Crippen molar-refractivity contribution in [1.82, 2.24) is 4.90 Å². The van der Waals surface area contributed by atoms with E-state index in [1.165, 1.54) is 5.56 Å². The normalized spacial score (nSPS) is 21.6. The average Bonchev–Trinajstić information content (AvgIpc) is 2.94. The van der Waals surface area contributed by atoms with Crippen LogP contribution in [0.4, 0.5) is 0 Å². The lowest BCUT2D eigenvalue weighted by Gasteiger charge is -2.33. The molecule has 0 bridgehead atoms. The molecular weight excluding hydrogens is 254 g/mol. The molecule has 4 nitrogen and oxygen atoms in total. The van der Waals surface area contributed by atoms with E-state index in [2.05, 4.69) is 6.07 Å². The number of rotatable bonds is 2. The standard InChI is InChI=1S/C16H19NO3/c18-15(17-10-2-1-9-14(17)16(19)20)13-8-4-6-11-5-3-7-12(11)13/h4,6,8,14H,1-3,5,7,9-10H2,(H,19,20)/t14-/m1/s1. The third-order valence-corrected chi connectivity index (χ3v) is 4.43. The number of carbonyl (C=O) groups excluding carboxylic acids is 1. The molecule has 106 valence electrons. The lowest BCUT2D eigenvalue weighted by atomic mass is 9.98. The van der Waals surface area contributed by atoms with Crippen LogP contribution >= 0.6 is 0 Å². The monoisotopic (exact) mass is 273 g/mol. The summed E-state index contributed by atoms with van der Waals surface area (Å²) in [6.45, 7) is 0.555. The van der Waals surface area contributed by atoms with E-state index in [1.807, 2.05) is 12.1 Å². The van der Waals surface area contributed by atoms with Crippen LogP contribution in [-0.4, -0.2) is 34.5 Å². The molecule has 20 heavy (non-hydrogen) atoms. The van der Waals surface area contributed by atoms with E-state index in [0.717, 1.165) is 37.7 Å². The van der Waals surface area contributed by atoms with Gasteiger partial charge in [0.2, 0.25) is 0 Å². The largest absolute Gasteiger partial charge is 0.480 e. The summed E-state index contributed by atoms with van der Waals surface area (Å²) in [4.78, 5) is 25.6. The van der Waals surface area contributed by atoms with Crippen LogP contribution in [0, 0.1) is 0 Å². The summed E-state index contributed by atoms with van der Waals surface area (Å²) in [6, 6.07) is 5.18. The first kappa shape index (κ1) is 13.2. The second kappa shape index (κ2) is 5.27. The zero-order chi connectivity index (χ0) is 14.1. The quantitative estimate of drug-likeness (QED) is 0.899. The Morgan fingerprint density at radius 1 is 1.15 bits per heavy atom. The number of carbonyl (C=O) groups is 2. The minimum absolute atomic E-state index is 0.101. The van der Waals surface area contributed by atoms with Gasteiger partial charge in [-0.1, -0.05) is 12.1 Å². The summed E-state index contributed by atoms with van der Waals surface area (Å²) in [5.41, 5.74) is 3.10. The number of hydrogen-bond donors (Lipinski definition) is 1. The fourth-order valence-corrected chi connectivity index (χ4v) is 3.41. The highest BCUT2D eigenvalue weighted by Crippen LogP contribution is 2.28. The van der Waals surface area contributed by atoms with Crippen LogP contribution in [0.1, 0.15) is 47.2 Å². The number of amides is 1. The molecule has 0 aromatic heterocycles. The molecule has 1 atom stereocenters. The predicted molar refractivity (Wildman–Crippen MR) is 74.8 cm³/mol. The number of carboxylic acids is 1. The molecule has 1 saturated heterocycles. The number of carboxylic acid groups (broad SMARTS) is 1. The van der Waals surface area contributed by atoms with Gasteiger partial charge in [0.25, 0.3) is 5.91 Å². The van der Waals surface area contributed by atoms with Gasteiger partial charge in [-0.3, -0.25) is 4.79 Å². The molecule has 1 fully saturated rings. The maximum Gasteiger partial charge on any atom is 0.326 e. The van der Waals surface area contributed by atoms with Gasteiger partial charge in [-0.05, 0) is 55.7 Å². The number of fused-ring (bicyclic) bond motifs is 1. The Balaban J connectivity index is 1.92. The Morgan fingerprint density at radius 2 is 2.00 bits per heavy atom. The molecule has 0 spiro atoms.